The van der Waals surface area contributed by atoms with Crippen molar-refractivity contribution in [3.63, 3.8) is 0 Å². The minimum absolute atomic E-state index is 0.569. The third kappa shape index (κ3) is 2.68. The Bertz CT molecular complexity index is 146. The van der Waals surface area contributed by atoms with Crippen LogP contribution in [0.2, 0.25) is 0 Å². The van der Waals surface area contributed by atoms with Gasteiger partial charge in [-0.3, -0.25) is 0 Å². The Morgan fingerprint density at radius 2 is 1.46 bits per heavy atom. The van der Waals surface area contributed by atoms with Crippen LogP contribution in [0.15, 0.2) is 0 Å². The topological polar surface area (TPSA) is 12.5 Å². The molecule has 0 spiro atoms. The Morgan fingerprint density at radius 3 is 2.08 bits per heavy atom. The standard InChI is InChI=1S/C11H21NO/c1-12-8-6-11(7-9-12)13-10-4-2-3-5-10/h10-11H,2-9H2,1H3. The van der Waals surface area contributed by atoms with E-state index in [-0.39, 0.29) is 0 Å². The zero-order valence-corrected chi connectivity index (χ0v) is 8.67. The molecule has 0 aromatic rings. The van der Waals surface area contributed by atoms with Gasteiger partial charge in [-0.25, -0.2) is 0 Å². The summed E-state index contributed by atoms with van der Waals surface area (Å²) < 4.78 is 6.07. The van der Waals surface area contributed by atoms with Crippen LogP contribution in [0.3, 0.4) is 0 Å². The second-order valence-electron chi connectivity index (χ2n) is 4.55. The maximum absolute atomic E-state index is 6.07. The summed E-state index contributed by atoms with van der Waals surface area (Å²) in [5, 5.41) is 0. The van der Waals surface area contributed by atoms with E-state index in [4.69, 9.17) is 4.74 Å². The number of likely N-dealkylation sites (tertiary alicyclic amines) is 1. The van der Waals surface area contributed by atoms with E-state index in [9.17, 15) is 0 Å². The van der Waals surface area contributed by atoms with E-state index in [1.54, 1.807) is 0 Å². The third-order valence-electron chi connectivity index (χ3n) is 3.35. The average Bonchev–Trinajstić information content (AvgIpc) is 2.62. The summed E-state index contributed by atoms with van der Waals surface area (Å²) in [5.41, 5.74) is 0. The van der Waals surface area contributed by atoms with Crippen molar-refractivity contribution in [2.75, 3.05) is 20.1 Å². The second-order valence-corrected chi connectivity index (χ2v) is 4.55. The van der Waals surface area contributed by atoms with Gasteiger partial charge in [-0.15, -0.1) is 0 Å². The van der Waals surface area contributed by atoms with Crippen molar-refractivity contribution in [1.29, 1.82) is 0 Å². The number of ether oxygens (including phenoxy) is 1. The molecule has 0 aromatic heterocycles. The highest BCUT2D eigenvalue weighted by atomic mass is 16.5. The third-order valence-corrected chi connectivity index (χ3v) is 3.35. The first-order valence-corrected chi connectivity index (χ1v) is 5.68. The summed E-state index contributed by atoms with van der Waals surface area (Å²) in [6.07, 6.45) is 9.06. The van der Waals surface area contributed by atoms with E-state index in [2.05, 4.69) is 11.9 Å². The first kappa shape index (κ1) is 9.47. The summed E-state index contributed by atoms with van der Waals surface area (Å²) in [7, 11) is 2.20. The highest BCUT2D eigenvalue weighted by Gasteiger charge is 2.23. The molecule has 2 fully saturated rings. The zero-order valence-electron chi connectivity index (χ0n) is 8.67. The van der Waals surface area contributed by atoms with Crippen molar-refractivity contribution in [3.8, 4) is 0 Å². The molecule has 1 saturated carbocycles. The van der Waals surface area contributed by atoms with Gasteiger partial charge in [-0.1, -0.05) is 12.8 Å². The van der Waals surface area contributed by atoms with Crippen molar-refractivity contribution in [1.82, 2.24) is 4.90 Å². The van der Waals surface area contributed by atoms with Gasteiger partial charge < -0.3 is 9.64 Å². The van der Waals surface area contributed by atoms with Crippen LogP contribution in [-0.4, -0.2) is 37.2 Å². The molecule has 0 bridgehead atoms. The molecule has 1 saturated heterocycles. The lowest BCUT2D eigenvalue weighted by Gasteiger charge is -2.30. The normalized spacial score (nSPS) is 28.4. The molecule has 0 aromatic carbocycles. The SMILES string of the molecule is CN1CCC(OC2CCCC2)CC1. The molecular formula is C11H21NO. The molecule has 13 heavy (non-hydrogen) atoms. The molecule has 2 aliphatic rings. The van der Waals surface area contributed by atoms with Gasteiger partial charge in [0, 0.05) is 13.1 Å². The van der Waals surface area contributed by atoms with Crippen molar-refractivity contribution in [3.05, 3.63) is 0 Å². The van der Waals surface area contributed by atoms with Crippen LogP contribution in [0.5, 0.6) is 0 Å². The molecule has 0 unspecified atom stereocenters. The monoisotopic (exact) mass is 183 g/mol. The highest BCUT2D eigenvalue weighted by Crippen LogP contribution is 2.24. The molecule has 0 radical (unpaired) electrons. The number of hydrogen-bond acceptors (Lipinski definition) is 2. The number of nitrogens with zero attached hydrogens (tertiary/aromatic N) is 1. The van der Waals surface area contributed by atoms with Gasteiger partial charge in [-0.2, -0.15) is 0 Å². The Labute approximate surface area is 81.3 Å². The number of rotatable bonds is 2. The molecule has 1 aliphatic heterocycles. The van der Waals surface area contributed by atoms with Crippen molar-refractivity contribution < 1.29 is 4.74 Å². The molecule has 0 atom stereocenters. The predicted octanol–water partition coefficient (Wildman–Crippen LogP) is 2.04. The molecule has 0 N–H and O–H groups in total. The minimum Gasteiger partial charge on any atom is -0.375 e. The van der Waals surface area contributed by atoms with Crippen LogP contribution in [0.4, 0.5) is 0 Å². The molecule has 0 amide bonds. The fourth-order valence-corrected chi connectivity index (χ4v) is 2.42. The van der Waals surface area contributed by atoms with Gasteiger partial charge in [0.1, 0.15) is 0 Å². The van der Waals surface area contributed by atoms with Gasteiger partial charge in [0.05, 0.1) is 12.2 Å². The number of piperidine rings is 1. The Balaban J connectivity index is 1.69. The van der Waals surface area contributed by atoms with E-state index in [1.807, 2.05) is 0 Å². The summed E-state index contributed by atoms with van der Waals surface area (Å²) in [6, 6.07) is 0. The van der Waals surface area contributed by atoms with Gasteiger partial charge in [-0.05, 0) is 32.7 Å². The quantitative estimate of drug-likeness (QED) is 0.649. The van der Waals surface area contributed by atoms with Gasteiger partial charge in [0.15, 0.2) is 0 Å². The Hall–Kier alpha value is -0.0800. The second kappa shape index (κ2) is 4.43. The number of hydrogen-bond donors (Lipinski definition) is 0. The van der Waals surface area contributed by atoms with E-state index >= 15 is 0 Å². The van der Waals surface area contributed by atoms with Crippen LogP contribution in [0.25, 0.3) is 0 Å². The lowest BCUT2D eigenvalue weighted by Crippen LogP contribution is -2.35. The van der Waals surface area contributed by atoms with Crippen LogP contribution in [-0.2, 0) is 4.74 Å². The van der Waals surface area contributed by atoms with Crippen molar-refractivity contribution in [2.24, 2.45) is 0 Å². The molecule has 2 rings (SSSR count). The van der Waals surface area contributed by atoms with Gasteiger partial charge in [0.25, 0.3) is 0 Å². The fourth-order valence-electron chi connectivity index (χ4n) is 2.42. The van der Waals surface area contributed by atoms with E-state index in [1.165, 1.54) is 51.6 Å². The van der Waals surface area contributed by atoms with Gasteiger partial charge >= 0.3 is 0 Å². The van der Waals surface area contributed by atoms with Crippen molar-refractivity contribution >= 4 is 0 Å². The summed E-state index contributed by atoms with van der Waals surface area (Å²) in [6.45, 7) is 2.44. The Morgan fingerprint density at radius 1 is 0.923 bits per heavy atom. The van der Waals surface area contributed by atoms with Crippen molar-refractivity contribution in [2.45, 2.75) is 50.7 Å². The van der Waals surface area contributed by atoms with Crippen LogP contribution < -0.4 is 0 Å². The largest absolute Gasteiger partial charge is 0.375 e. The fraction of sp³-hybridized carbons (Fsp3) is 1.00. The molecule has 76 valence electrons. The average molecular weight is 183 g/mol. The smallest absolute Gasteiger partial charge is 0.0603 e. The lowest BCUT2D eigenvalue weighted by molar-refractivity contribution is -0.0359. The summed E-state index contributed by atoms with van der Waals surface area (Å²) in [5.74, 6) is 0. The van der Waals surface area contributed by atoms with E-state index in [0.717, 1.165) is 0 Å². The summed E-state index contributed by atoms with van der Waals surface area (Å²) in [4.78, 5) is 2.40. The first-order chi connectivity index (χ1) is 6.34. The maximum Gasteiger partial charge on any atom is 0.0603 e. The minimum atomic E-state index is 0.569. The molecular weight excluding hydrogens is 162 g/mol. The van der Waals surface area contributed by atoms with E-state index in [0.29, 0.717) is 12.2 Å². The summed E-state index contributed by atoms with van der Waals surface area (Å²) >= 11 is 0. The Kier molecular flexibility index (Phi) is 3.23. The molecule has 1 heterocycles. The highest BCUT2D eigenvalue weighted by molar-refractivity contribution is 4.74. The van der Waals surface area contributed by atoms with Crippen LogP contribution >= 0.6 is 0 Å². The van der Waals surface area contributed by atoms with Gasteiger partial charge in [0.2, 0.25) is 0 Å². The van der Waals surface area contributed by atoms with E-state index < -0.39 is 0 Å². The maximum atomic E-state index is 6.07. The first-order valence-electron chi connectivity index (χ1n) is 5.68. The molecule has 2 heteroatoms. The van der Waals surface area contributed by atoms with Crippen LogP contribution in [0, 0.1) is 0 Å². The molecule has 1 aliphatic carbocycles. The predicted molar refractivity (Wildman–Crippen MR) is 53.9 cm³/mol. The molecule has 2 nitrogen and oxygen atoms in total. The zero-order chi connectivity index (χ0) is 9.10. The van der Waals surface area contributed by atoms with Crippen LogP contribution in [0.1, 0.15) is 38.5 Å². The lowest BCUT2D eigenvalue weighted by atomic mass is 10.1.